The van der Waals surface area contributed by atoms with E-state index in [0.29, 0.717) is 28.7 Å². The number of hydrazone groups is 1. The van der Waals surface area contributed by atoms with Crippen LogP contribution in [0.4, 0.5) is 5.82 Å². The fourth-order valence-corrected chi connectivity index (χ4v) is 4.07. The molecule has 0 aliphatic carbocycles. The zero-order valence-corrected chi connectivity index (χ0v) is 18.7. The molecule has 1 aliphatic heterocycles. The SMILES string of the molecule is CC(=NNC(=O)c1nnn(-c2nonc2N)c1CSc1ccccc1)c1ccc2c(c1)OCO2. The van der Waals surface area contributed by atoms with Gasteiger partial charge < -0.3 is 15.2 Å². The van der Waals surface area contributed by atoms with Crippen molar-refractivity contribution in [2.45, 2.75) is 17.6 Å². The monoisotopic (exact) mass is 478 g/mol. The van der Waals surface area contributed by atoms with Crippen molar-refractivity contribution >= 4 is 29.2 Å². The third-order valence-electron chi connectivity index (χ3n) is 4.91. The van der Waals surface area contributed by atoms with Crippen molar-refractivity contribution in [1.29, 1.82) is 0 Å². The van der Waals surface area contributed by atoms with Crippen LogP contribution in [0.25, 0.3) is 5.82 Å². The highest BCUT2D eigenvalue weighted by Gasteiger charge is 2.24. The highest BCUT2D eigenvalue weighted by Crippen LogP contribution is 2.32. The number of ether oxygens (including phenoxy) is 2. The fourth-order valence-electron chi connectivity index (χ4n) is 3.16. The van der Waals surface area contributed by atoms with Gasteiger partial charge in [-0.2, -0.15) is 9.78 Å². The van der Waals surface area contributed by atoms with Gasteiger partial charge >= 0.3 is 0 Å². The zero-order chi connectivity index (χ0) is 23.5. The van der Waals surface area contributed by atoms with Crippen molar-refractivity contribution in [3.05, 3.63) is 65.5 Å². The lowest BCUT2D eigenvalue weighted by Crippen LogP contribution is -2.21. The number of nitrogens with one attached hydrogen (secondary N) is 1. The summed E-state index contributed by atoms with van der Waals surface area (Å²) in [4.78, 5) is 14.0. The van der Waals surface area contributed by atoms with Crippen molar-refractivity contribution in [1.82, 2.24) is 30.7 Å². The minimum absolute atomic E-state index is 0.0273. The summed E-state index contributed by atoms with van der Waals surface area (Å²) in [6, 6.07) is 15.1. The van der Waals surface area contributed by atoms with Gasteiger partial charge in [0.1, 0.15) is 0 Å². The number of hydrogen-bond donors (Lipinski definition) is 2. The molecular formula is C21H18N8O4S. The number of fused-ring (bicyclic) bond motifs is 1. The molecule has 0 bridgehead atoms. The molecule has 2 aromatic carbocycles. The maximum absolute atomic E-state index is 13.0. The van der Waals surface area contributed by atoms with Gasteiger partial charge in [0.05, 0.1) is 11.4 Å². The number of benzene rings is 2. The van der Waals surface area contributed by atoms with E-state index in [9.17, 15) is 4.79 Å². The average molecular weight is 478 g/mol. The highest BCUT2D eigenvalue weighted by atomic mass is 32.2. The van der Waals surface area contributed by atoms with Crippen molar-refractivity contribution in [2.75, 3.05) is 12.5 Å². The summed E-state index contributed by atoms with van der Waals surface area (Å²) in [5.41, 5.74) is 10.3. The lowest BCUT2D eigenvalue weighted by Gasteiger charge is -2.06. The van der Waals surface area contributed by atoms with Gasteiger partial charge in [-0.25, -0.2) is 10.1 Å². The number of aromatic nitrogens is 5. The summed E-state index contributed by atoms with van der Waals surface area (Å²) in [5.74, 6) is 1.29. The van der Waals surface area contributed by atoms with Gasteiger partial charge in [-0.15, -0.1) is 16.9 Å². The van der Waals surface area contributed by atoms with Crippen LogP contribution in [0.15, 0.2) is 63.2 Å². The maximum Gasteiger partial charge on any atom is 0.293 e. The van der Waals surface area contributed by atoms with Crippen LogP contribution >= 0.6 is 11.8 Å². The van der Waals surface area contributed by atoms with Crippen LogP contribution in [0.3, 0.4) is 0 Å². The Kier molecular flexibility index (Phi) is 5.82. The molecule has 4 aromatic rings. The Labute approximate surface area is 197 Å². The number of nitrogens with two attached hydrogens (primary N) is 1. The third kappa shape index (κ3) is 4.28. The van der Waals surface area contributed by atoms with Crippen molar-refractivity contribution in [3.63, 3.8) is 0 Å². The van der Waals surface area contributed by atoms with Crippen LogP contribution in [-0.4, -0.2) is 43.7 Å². The molecule has 172 valence electrons. The Morgan fingerprint density at radius 2 is 2.00 bits per heavy atom. The summed E-state index contributed by atoms with van der Waals surface area (Å²) in [6.07, 6.45) is 0. The third-order valence-corrected chi connectivity index (χ3v) is 5.93. The summed E-state index contributed by atoms with van der Waals surface area (Å²) in [5, 5.41) is 19.7. The van der Waals surface area contributed by atoms with Gasteiger partial charge in [-0.3, -0.25) is 4.79 Å². The molecule has 1 aliphatic rings. The minimum Gasteiger partial charge on any atom is -0.454 e. The molecule has 3 heterocycles. The van der Waals surface area contributed by atoms with Crippen LogP contribution in [0, 0.1) is 0 Å². The van der Waals surface area contributed by atoms with Crippen molar-refractivity contribution in [2.24, 2.45) is 5.10 Å². The fraction of sp³-hybridized carbons (Fsp3) is 0.143. The van der Waals surface area contributed by atoms with Gasteiger partial charge in [0.15, 0.2) is 17.2 Å². The van der Waals surface area contributed by atoms with E-state index in [1.807, 2.05) is 36.4 Å². The van der Waals surface area contributed by atoms with Crippen molar-refractivity contribution in [3.8, 4) is 17.3 Å². The molecule has 0 spiro atoms. The molecule has 3 N–H and O–H groups in total. The molecule has 0 unspecified atom stereocenters. The summed E-state index contributed by atoms with van der Waals surface area (Å²) < 4.78 is 16.7. The molecule has 0 radical (unpaired) electrons. The van der Waals surface area contributed by atoms with Gasteiger partial charge in [0.2, 0.25) is 18.4 Å². The molecule has 5 rings (SSSR count). The number of hydrogen-bond acceptors (Lipinski definition) is 11. The smallest absolute Gasteiger partial charge is 0.293 e. The predicted octanol–water partition coefficient (Wildman–Crippen LogP) is 2.41. The zero-order valence-electron chi connectivity index (χ0n) is 17.8. The Morgan fingerprint density at radius 3 is 2.79 bits per heavy atom. The largest absolute Gasteiger partial charge is 0.454 e. The van der Waals surface area contributed by atoms with Crippen LogP contribution in [0.1, 0.15) is 28.7 Å². The van der Waals surface area contributed by atoms with E-state index in [2.05, 4.69) is 35.8 Å². The quantitative estimate of drug-likeness (QED) is 0.230. The lowest BCUT2D eigenvalue weighted by molar-refractivity contribution is 0.0949. The molecule has 0 saturated carbocycles. The number of rotatable bonds is 7. The predicted molar refractivity (Wildman–Crippen MR) is 122 cm³/mol. The number of carbonyl (C=O) groups excluding carboxylic acids is 1. The Balaban J connectivity index is 1.39. The van der Waals surface area contributed by atoms with Gasteiger partial charge in [-0.05, 0) is 47.6 Å². The van der Waals surface area contributed by atoms with Crippen LogP contribution in [-0.2, 0) is 5.75 Å². The van der Waals surface area contributed by atoms with E-state index in [1.54, 1.807) is 19.1 Å². The van der Waals surface area contributed by atoms with E-state index < -0.39 is 5.91 Å². The van der Waals surface area contributed by atoms with Crippen molar-refractivity contribution < 1.29 is 18.9 Å². The topological polar surface area (TPSA) is 156 Å². The molecule has 1 amide bonds. The molecule has 0 fully saturated rings. The second kappa shape index (κ2) is 9.23. The molecular weight excluding hydrogens is 460 g/mol. The van der Waals surface area contributed by atoms with E-state index in [0.717, 1.165) is 10.5 Å². The van der Waals surface area contributed by atoms with Gasteiger partial charge in [-0.1, -0.05) is 23.4 Å². The summed E-state index contributed by atoms with van der Waals surface area (Å²) in [7, 11) is 0. The number of amides is 1. The first-order valence-electron chi connectivity index (χ1n) is 10.1. The van der Waals surface area contributed by atoms with Gasteiger partial charge in [0, 0.05) is 16.2 Å². The molecule has 12 nitrogen and oxygen atoms in total. The first kappa shape index (κ1) is 21.5. The average Bonchev–Trinajstić information content (AvgIpc) is 3.60. The van der Waals surface area contributed by atoms with Crippen LogP contribution < -0.4 is 20.6 Å². The number of nitrogen functional groups attached to an aromatic ring is 1. The highest BCUT2D eigenvalue weighted by molar-refractivity contribution is 7.98. The van der Waals surface area contributed by atoms with E-state index in [1.165, 1.54) is 16.4 Å². The molecule has 2 aromatic heterocycles. The number of thioether (sulfide) groups is 1. The van der Waals surface area contributed by atoms with E-state index in [-0.39, 0.29) is 24.1 Å². The number of carbonyl (C=O) groups is 1. The molecule has 13 heteroatoms. The molecule has 0 saturated heterocycles. The van der Waals surface area contributed by atoms with Crippen LogP contribution in [0.5, 0.6) is 11.5 Å². The molecule has 0 atom stereocenters. The van der Waals surface area contributed by atoms with E-state index in [4.69, 9.17) is 15.2 Å². The Hall–Kier alpha value is -4.39. The standard InChI is InChI=1S/C21H18N8O4S/c1-12(13-7-8-16-17(9-13)32-11-31-16)23-25-21(30)18-15(10-34-14-5-3-2-4-6-14)29(28-24-18)20-19(22)26-33-27-20/h2-9H,10-11H2,1H3,(H2,22,26)(H,25,30). The molecule has 34 heavy (non-hydrogen) atoms. The summed E-state index contributed by atoms with van der Waals surface area (Å²) in [6.45, 7) is 1.94. The maximum atomic E-state index is 13.0. The normalized spacial score (nSPS) is 12.7. The second-order valence-electron chi connectivity index (χ2n) is 7.08. The van der Waals surface area contributed by atoms with E-state index >= 15 is 0 Å². The van der Waals surface area contributed by atoms with Gasteiger partial charge in [0.25, 0.3) is 5.91 Å². The summed E-state index contributed by atoms with van der Waals surface area (Å²) >= 11 is 1.50. The number of anilines is 1. The Morgan fingerprint density at radius 1 is 1.18 bits per heavy atom. The first-order valence-corrected chi connectivity index (χ1v) is 11.0. The second-order valence-corrected chi connectivity index (χ2v) is 8.13. The first-order chi connectivity index (χ1) is 16.6. The number of nitrogens with zero attached hydrogens (tertiary/aromatic N) is 6. The Bertz CT molecular complexity index is 1370. The lowest BCUT2D eigenvalue weighted by atomic mass is 10.1. The van der Waals surface area contributed by atoms with Crippen LogP contribution in [0.2, 0.25) is 0 Å². The minimum atomic E-state index is -0.537.